The molecule has 0 radical (unpaired) electrons. The number of piperazine rings is 1. The summed E-state index contributed by atoms with van der Waals surface area (Å²) in [6.45, 7) is 3.81. The van der Waals surface area contributed by atoms with Crippen molar-refractivity contribution in [3.05, 3.63) is 83.4 Å². The van der Waals surface area contributed by atoms with Crippen molar-refractivity contribution in [3.8, 4) is 11.8 Å². The SMILES string of the molecule is CCNC(=O)C#Cc1cc2c(cc1S(=O)(=O)N1CC(F)(F)C1)C(C(=Nc1ccc(N3CCN(C)CC3)cc1)c1ccccc1)C(=O)N2. The number of fused-ring (bicyclic) bond motifs is 1. The van der Waals surface area contributed by atoms with E-state index in [2.05, 4.69) is 39.3 Å². The molecule has 0 aliphatic carbocycles. The highest BCUT2D eigenvalue weighted by Gasteiger charge is 2.50. The molecule has 3 aromatic rings. The lowest BCUT2D eigenvalue weighted by molar-refractivity contribution is -0.116. The standard InChI is InChI=1S/C34H34F2N6O4S/c1-3-37-30(43)14-9-24-19-28-27(20-29(24)47(45,46)42-21-34(35,36)22-42)31(33(44)39-28)32(23-7-5-4-6-8-23)38-25-10-12-26(13-11-25)41-17-15-40(2)16-18-41/h4-8,10-13,19-20,31H,3,15-18,21-22H2,1-2H3,(H,37,43)(H,39,44). The molecule has 6 rings (SSSR count). The first kappa shape index (κ1) is 32.3. The highest BCUT2D eigenvalue weighted by Crippen LogP contribution is 2.41. The number of nitrogens with zero attached hydrogens (tertiary/aromatic N) is 4. The number of hydrogen-bond acceptors (Lipinski definition) is 7. The maximum absolute atomic E-state index is 13.8. The number of halogens is 2. The number of amides is 2. The van der Waals surface area contributed by atoms with Crippen molar-refractivity contribution in [1.82, 2.24) is 14.5 Å². The molecule has 0 aromatic heterocycles. The van der Waals surface area contributed by atoms with E-state index in [1.54, 1.807) is 6.92 Å². The van der Waals surface area contributed by atoms with Gasteiger partial charge in [0.15, 0.2) is 0 Å². The number of carbonyl (C=O) groups is 2. The van der Waals surface area contributed by atoms with Gasteiger partial charge in [0.25, 0.3) is 11.8 Å². The number of alkyl halides is 2. The second-order valence-electron chi connectivity index (χ2n) is 11.8. The molecule has 244 valence electrons. The number of sulfonamides is 1. The van der Waals surface area contributed by atoms with E-state index < -0.39 is 46.8 Å². The van der Waals surface area contributed by atoms with E-state index in [0.29, 0.717) is 39.1 Å². The molecule has 0 saturated carbocycles. The number of likely N-dealkylation sites (N-methyl/N-ethyl adjacent to an activating group) is 1. The third-order valence-electron chi connectivity index (χ3n) is 8.37. The van der Waals surface area contributed by atoms with E-state index in [9.17, 15) is 26.8 Å². The smallest absolute Gasteiger partial charge is 0.296 e. The van der Waals surface area contributed by atoms with Gasteiger partial charge in [0, 0.05) is 55.6 Å². The van der Waals surface area contributed by atoms with Gasteiger partial charge in [-0.1, -0.05) is 36.3 Å². The van der Waals surface area contributed by atoms with Gasteiger partial charge in [0.1, 0.15) is 5.92 Å². The summed E-state index contributed by atoms with van der Waals surface area (Å²) in [4.78, 5) is 34.9. The van der Waals surface area contributed by atoms with Crippen LogP contribution in [0.1, 0.15) is 29.5 Å². The van der Waals surface area contributed by atoms with Crippen LogP contribution in [0, 0.1) is 11.8 Å². The summed E-state index contributed by atoms with van der Waals surface area (Å²) < 4.78 is 55.6. The summed E-state index contributed by atoms with van der Waals surface area (Å²) in [7, 11) is -2.37. The quantitative estimate of drug-likeness (QED) is 0.297. The Balaban J connectivity index is 1.43. The molecule has 3 aliphatic rings. The van der Waals surface area contributed by atoms with Gasteiger partial charge in [-0.25, -0.2) is 17.2 Å². The predicted octanol–water partition coefficient (Wildman–Crippen LogP) is 3.42. The van der Waals surface area contributed by atoms with Crippen LogP contribution in [-0.4, -0.2) is 93.9 Å². The van der Waals surface area contributed by atoms with Gasteiger partial charge < -0.3 is 20.4 Å². The molecule has 2 fully saturated rings. The molecule has 3 heterocycles. The number of benzene rings is 3. The molecule has 0 bridgehead atoms. The number of anilines is 2. The van der Waals surface area contributed by atoms with E-state index in [1.165, 1.54) is 12.1 Å². The Morgan fingerprint density at radius 3 is 2.36 bits per heavy atom. The van der Waals surface area contributed by atoms with Crippen LogP contribution < -0.4 is 15.5 Å². The normalized spacial score (nSPS) is 19.7. The average molecular weight is 661 g/mol. The maximum atomic E-state index is 13.8. The lowest BCUT2D eigenvalue weighted by atomic mass is 9.90. The van der Waals surface area contributed by atoms with Crippen molar-refractivity contribution in [2.75, 3.05) is 63.1 Å². The Bertz CT molecular complexity index is 1890. The number of nitrogens with one attached hydrogen (secondary N) is 2. The summed E-state index contributed by atoms with van der Waals surface area (Å²) in [6, 6.07) is 19.5. The van der Waals surface area contributed by atoms with Crippen molar-refractivity contribution in [3.63, 3.8) is 0 Å². The number of rotatable bonds is 7. The average Bonchev–Trinajstić information content (AvgIpc) is 3.36. The summed E-state index contributed by atoms with van der Waals surface area (Å²) in [5, 5.41) is 5.33. The molecule has 10 nitrogen and oxygen atoms in total. The highest BCUT2D eigenvalue weighted by atomic mass is 32.2. The minimum absolute atomic E-state index is 0.0936. The molecular formula is C34H34F2N6O4S. The first-order valence-electron chi connectivity index (χ1n) is 15.3. The monoisotopic (exact) mass is 660 g/mol. The zero-order valence-corrected chi connectivity index (χ0v) is 26.8. The molecule has 2 saturated heterocycles. The van der Waals surface area contributed by atoms with Gasteiger partial charge in [0.05, 0.1) is 29.4 Å². The molecule has 2 N–H and O–H groups in total. The van der Waals surface area contributed by atoms with Gasteiger partial charge in [-0.2, -0.15) is 4.31 Å². The number of carbonyl (C=O) groups excluding carboxylic acids is 2. The first-order chi connectivity index (χ1) is 22.4. The van der Waals surface area contributed by atoms with Crippen LogP contribution in [0.25, 0.3) is 0 Å². The van der Waals surface area contributed by atoms with Gasteiger partial charge in [0.2, 0.25) is 15.9 Å². The summed E-state index contributed by atoms with van der Waals surface area (Å²) in [5.41, 5.74) is 3.20. The summed E-state index contributed by atoms with van der Waals surface area (Å²) in [6.07, 6.45) is 0. The number of aliphatic imine (C=N–C) groups is 1. The van der Waals surface area contributed by atoms with E-state index in [0.717, 1.165) is 31.9 Å². The molecular weight excluding hydrogens is 626 g/mol. The molecule has 1 atom stereocenters. The van der Waals surface area contributed by atoms with E-state index in [-0.39, 0.29) is 10.5 Å². The van der Waals surface area contributed by atoms with Crippen molar-refractivity contribution in [2.45, 2.75) is 23.7 Å². The summed E-state index contributed by atoms with van der Waals surface area (Å²) in [5.74, 6) is -0.315. The molecule has 47 heavy (non-hydrogen) atoms. The fourth-order valence-electron chi connectivity index (χ4n) is 5.83. The molecule has 1 unspecified atom stereocenters. The lowest BCUT2D eigenvalue weighted by Gasteiger charge is -2.37. The van der Waals surface area contributed by atoms with Crippen LogP contribution in [0.2, 0.25) is 0 Å². The fourth-order valence-corrected chi connectivity index (χ4v) is 7.48. The van der Waals surface area contributed by atoms with Crippen LogP contribution in [0.4, 0.5) is 25.8 Å². The molecule has 0 spiro atoms. The lowest BCUT2D eigenvalue weighted by Crippen LogP contribution is -2.58. The van der Waals surface area contributed by atoms with E-state index in [4.69, 9.17) is 4.99 Å². The Morgan fingerprint density at radius 1 is 1.04 bits per heavy atom. The van der Waals surface area contributed by atoms with Crippen LogP contribution in [-0.2, 0) is 19.6 Å². The van der Waals surface area contributed by atoms with Gasteiger partial charge in [-0.3, -0.25) is 14.6 Å². The third-order valence-corrected chi connectivity index (χ3v) is 10.2. The molecule has 2 amide bonds. The van der Waals surface area contributed by atoms with E-state index >= 15 is 0 Å². The fraction of sp³-hybridized carbons (Fsp3) is 0.324. The maximum Gasteiger partial charge on any atom is 0.296 e. The third kappa shape index (κ3) is 6.76. The van der Waals surface area contributed by atoms with Crippen molar-refractivity contribution < 1.29 is 26.8 Å². The topological polar surface area (TPSA) is 114 Å². The molecule has 13 heteroatoms. The second-order valence-corrected chi connectivity index (χ2v) is 13.7. The minimum Gasteiger partial charge on any atom is -0.369 e. The van der Waals surface area contributed by atoms with E-state index in [1.807, 2.05) is 54.6 Å². The largest absolute Gasteiger partial charge is 0.369 e. The Morgan fingerprint density at radius 2 is 1.72 bits per heavy atom. The zero-order chi connectivity index (χ0) is 33.3. The Kier molecular flexibility index (Phi) is 8.84. The Hall–Kier alpha value is -4.64. The van der Waals surface area contributed by atoms with Crippen LogP contribution in [0.3, 0.4) is 0 Å². The van der Waals surface area contributed by atoms with Crippen LogP contribution in [0.5, 0.6) is 0 Å². The predicted molar refractivity (Wildman–Crippen MR) is 176 cm³/mol. The highest BCUT2D eigenvalue weighted by molar-refractivity contribution is 7.89. The van der Waals surface area contributed by atoms with Crippen LogP contribution in [0.15, 0.2) is 76.6 Å². The Labute approximate surface area is 272 Å². The minimum atomic E-state index is -4.46. The van der Waals surface area contributed by atoms with Gasteiger partial charge in [-0.05, 0) is 61.5 Å². The van der Waals surface area contributed by atoms with Crippen molar-refractivity contribution in [1.29, 1.82) is 0 Å². The van der Waals surface area contributed by atoms with Crippen molar-refractivity contribution >= 4 is 44.6 Å². The van der Waals surface area contributed by atoms with Crippen molar-refractivity contribution in [2.24, 2.45) is 4.99 Å². The first-order valence-corrected chi connectivity index (χ1v) is 16.7. The van der Waals surface area contributed by atoms with Crippen LogP contribution >= 0.6 is 0 Å². The molecule has 3 aliphatic heterocycles. The number of hydrogen-bond donors (Lipinski definition) is 2. The summed E-state index contributed by atoms with van der Waals surface area (Å²) >= 11 is 0. The molecule has 3 aromatic carbocycles. The van der Waals surface area contributed by atoms with Gasteiger partial charge in [-0.15, -0.1) is 0 Å². The second kappa shape index (κ2) is 12.9. The van der Waals surface area contributed by atoms with Gasteiger partial charge >= 0.3 is 0 Å². The zero-order valence-electron chi connectivity index (χ0n) is 26.0.